The van der Waals surface area contributed by atoms with Gasteiger partial charge in [-0.2, -0.15) is 0 Å². The van der Waals surface area contributed by atoms with Gasteiger partial charge in [0.25, 0.3) is 11.8 Å². The number of carbonyl (C=O) groups excluding carboxylic acids is 3. The second-order valence-electron chi connectivity index (χ2n) is 4.42. The van der Waals surface area contributed by atoms with Crippen molar-refractivity contribution in [1.29, 1.82) is 0 Å². The van der Waals surface area contributed by atoms with E-state index in [4.69, 9.17) is 10.5 Å². The summed E-state index contributed by atoms with van der Waals surface area (Å²) >= 11 is 0. The Hall–Kier alpha value is -2.84. The third-order valence-corrected chi connectivity index (χ3v) is 2.56. The average Bonchev–Trinajstić information content (AvgIpc) is 2.45. The van der Waals surface area contributed by atoms with E-state index < -0.39 is 35.8 Å². The van der Waals surface area contributed by atoms with Crippen LogP contribution in [-0.2, 0) is 9.59 Å². The summed E-state index contributed by atoms with van der Waals surface area (Å²) < 4.78 is 18.0. The lowest BCUT2D eigenvalue weighted by Crippen LogP contribution is -2.54. The topological polar surface area (TPSA) is 123 Å². The molecule has 22 heavy (non-hydrogen) atoms. The van der Waals surface area contributed by atoms with Gasteiger partial charge in [-0.05, 0) is 38.1 Å². The number of benzene rings is 1. The number of amides is 4. The molecule has 0 aliphatic heterocycles. The Morgan fingerprint density at radius 2 is 1.64 bits per heavy atom. The normalized spacial score (nSPS) is 12.7. The molecule has 0 aliphatic carbocycles. The molecule has 4 amide bonds. The highest BCUT2D eigenvalue weighted by Gasteiger charge is 2.18. The quantitative estimate of drug-likeness (QED) is 0.562. The van der Waals surface area contributed by atoms with Gasteiger partial charge in [0.05, 0.1) is 0 Å². The molecule has 0 fully saturated rings. The number of hydrogen-bond donors (Lipinski definition) is 4. The van der Waals surface area contributed by atoms with Crippen molar-refractivity contribution in [2.24, 2.45) is 5.73 Å². The predicted molar refractivity (Wildman–Crippen MR) is 75.0 cm³/mol. The van der Waals surface area contributed by atoms with Crippen LogP contribution in [0.4, 0.5) is 9.18 Å². The van der Waals surface area contributed by atoms with Crippen molar-refractivity contribution >= 4 is 17.8 Å². The first-order valence-electron chi connectivity index (χ1n) is 6.37. The molecular weight excluding hydrogens is 295 g/mol. The lowest BCUT2D eigenvalue weighted by atomic mass is 10.3. The van der Waals surface area contributed by atoms with Crippen LogP contribution in [-0.4, -0.2) is 30.0 Å². The fourth-order valence-electron chi connectivity index (χ4n) is 1.38. The molecule has 5 N–H and O–H groups in total. The smallest absolute Gasteiger partial charge is 0.312 e. The molecule has 0 bridgehead atoms. The van der Waals surface area contributed by atoms with E-state index in [9.17, 15) is 18.8 Å². The first-order chi connectivity index (χ1) is 10.3. The second-order valence-corrected chi connectivity index (χ2v) is 4.42. The zero-order valence-electron chi connectivity index (χ0n) is 12.1. The van der Waals surface area contributed by atoms with Crippen molar-refractivity contribution in [3.05, 3.63) is 30.1 Å². The first-order valence-corrected chi connectivity index (χ1v) is 6.37. The van der Waals surface area contributed by atoms with Crippen LogP contribution in [0.1, 0.15) is 13.8 Å². The number of hydrazine groups is 1. The molecule has 120 valence electrons. The summed E-state index contributed by atoms with van der Waals surface area (Å²) in [7, 11) is 0. The summed E-state index contributed by atoms with van der Waals surface area (Å²) in [6.07, 6.45) is -0.926. The molecule has 0 radical (unpaired) electrons. The molecule has 2 unspecified atom stereocenters. The number of nitrogens with one attached hydrogen (secondary N) is 3. The maximum absolute atomic E-state index is 12.7. The minimum atomic E-state index is -0.926. The van der Waals surface area contributed by atoms with Crippen LogP contribution in [0.15, 0.2) is 24.3 Å². The summed E-state index contributed by atoms with van der Waals surface area (Å²) in [5.74, 6) is -1.39. The Labute approximate surface area is 126 Å². The average molecular weight is 312 g/mol. The van der Waals surface area contributed by atoms with Gasteiger partial charge in [0.1, 0.15) is 17.6 Å². The molecule has 0 saturated heterocycles. The van der Waals surface area contributed by atoms with Gasteiger partial charge in [-0.3, -0.25) is 20.4 Å². The molecule has 9 heteroatoms. The van der Waals surface area contributed by atoms with Crippen LogP contribution in [0.25, 0.3) is 0 Å². The van der Waals surface area contributed by atoms with Crippen LogP contribution < -0.4 is 26.6 Å². The van der Waals surface area contributed by atoms with Crippen molar-refractivity contribution in [3.8, 4) is 5.75 Å². The number of carbonyl (C=O) groups is 3. The summed E-state index contributed by atoms with van der Waals surface area (Å²) in [4.78, 5) is 33.8. The molecule has 0 aliphatic rings. The van der Waals surface area contributed by atoms with Gasteiger partial charge in [0.15, 0.2) is 6.10 Å². The molecule has 0 aromatic heterocycles. The van der Waals surface area contributed by atoms with E-state index >= 15 is 0 Å². The molecule has 0 saturated carbocycles. The van der Waals surface area contributed by atoms with Gasteiger partial charge in [0, 0.05) is 0 Å². The molecule has 1 aromatic carbocycles. The Kier molecular flexibility index (Phi) is 6.11. The van der Waals surface area contributed by atoms with Crippen molar-refractivity contribution < 1.29 is 23.5 Å². The van der Waals surface area contributed by atoms with E-state index in [0.717, 1.165) is 0 Å². The first kappa shape index (κ1) is 17.2. The SMILES string of the molecule is CC(NC(N)=O)C(=O)NNC(=O)C(C)Oc1ccc(F)cc1. The molecule has 8 nitrogen and oxygen atoms in total. The summed E-state index contributed by atoms with van der Waals surface area (Å²) in [6, 6.07) is 3.36. The van der Waals surface area contributed by atoms with Gasteiger partial charge in [0.2, 0.25) is 0 Å². The number of nitrogens with two attached hydrogens (primary N) is 1. The van der Waals surface area contributed by atoms with Crippen LogP contribution in [0.3, 0.4) is 0 Å². The monoisotopic (exact) mass is 312 g/mol. The molecule has 2 atom stereocenters. The Bertz CT molecular complexity index is 549. The van der Waals surface area contributed by atoms with E-state index in [1.807, 2.05) is 0 Å². The van der Waals surface area contributed by atoms with Crippen LogP contribution in [0.5, 0.6) is 5.75 Å². The van der Waals surface area contributed by atoms with E-state index in [0.29, 0.717) is 5.75 Å². The van der Waals surface area contributed by atoms with Gasteiger partial charge >= 0.3 is 6.03 Å². The number of primary amides is 1. The predicted octanol–water partition coefficient (Wildman–Crippen LogP) is -0.203. The van der Waals surface area contributed by atoms with Gasteiger partial charge in [-0.1, -0.05) is 0 Å². The third-order valence-electron chi connectivity index (χ3n) is 2.56. The van der Waals surface area contributed by atoms with E-state index in [2.05, 4.69) is 16.2 Å². The number of ether oxygens (including phenoxy) is 1. The van der Waals surface area contributed by atoms with Crippen molar-refractivity contribution in [3.63, 3.8) is 0 Å². The standard InChI is InChI=1S/C13H17FN4O4/c1-7(16-13(15)21)11(19)17-18-12(20)8(2)22-10-5-3-9(14)4-6-10/h3-8H,1-2H3,(H,17,19)(H,18,20)(H3,15,16,21). The van der Waals surface area contributed by atoms with Crippen LogP contribution in [0.2, 0.25) is 0 Å². The van der Waals surface area contributed by atoms with Crippen LogP contribution in [0, 0.1) is 5.82 Å². The van der Waals surface area contributed by atoms with Crippen LogP contribution >= 0.6 is 0 Å². The fraction of sp³-hybridized carbons (Fsp3) is 0.308. The minimum absolute atomic E-state index is 0.305. The number of hydrogen-bond acceptors (Lipinski definition) is 4. The van der Waals surface area contributed by atoms with Crippen molar-refractivity contribution in [2.45, 2.75) is 26.0 Å². The van der Waals surface area contributed by atoms with Gasteiger partial charge < -0.3 is 15.8 Å². The summed E-state index contributed by atoms with van der Waals surface area (Å²) in [5, 5.41) is 2.15. The summed E-state index contributed by atoms with van der Waals surface area (Å²) in [6.45, 7) is 2.85. The lowest BCUT2D eigenvalue weighted by molar-refractivity contribution is -0.133. The van der Waals surface area contributed by atoms with E-state index in [-0.39, 0.29) is 0 Å². The number of halogens is 1. The van der Waals surface area contributed by atoms with Crippen molar-refractivity contribution in [2.75, 3.05) is 0 Å². The molecule has 1 aromatic rings. The lowest BCUT2D eigenvalue weighted by Gasteiger charge is -2.17. The Morgan fingerprint density at radius 1 is 1.09 bits per heavy atom. The maximum atomic E-state index is 12.7. The van der Waals surface area contributed by atoms with E-state index in [1.54, 1.807) is 0 Å². The molecule has 0 heterocycles. The molecular formula is C13H17FN4O4. The fourth-order valence-corrected chi connectivity index (χ4v) is 1.38. The highest BCUT2D eigenvalue weighted by molar-refractivity contribution is 5.89. The zero-order chi connectivity index (χ0) is 16.7. The number of urea groups is 1. The van der Waals surface area contributed by atoms with E-state index in [1.165, 1.54) is 38.1 Å². The zero-order valence-corrected chi connectivity index (χ0v) is 12.1. The Morgan fingerprint density at radius 3 is 2.18 bits per heavy atom. The molecule has 0 spiro atoms. The number of rotatable bonds is 5. The second kappa shape index (κ2) is 7.81. The maximum Gasteiger partial charge on any atom is 0.312 e. The van der Waals surface area contributed by atoms with Gasteiger partial charge in [-0.15, -0.1) is 0 Å². The largest absolute Gasteiger partial charge is 0.481 e. The summed E-state index contributed by atoms with van der Waals surface area (Å²) in [5.41, 5.74) is 9.12. The Balaban J connectivity index is 2.42. The molecule has 1 rings (SSSR count). The van der Waals surface area contributed by atoms with Gasteiger partial charge in [-0.25, -0.2) is 9.18 Å². The highest BCUT2D eigenvalue weighted by atomic mass is 19.1. The highest BCUT2D eigenvalue weighted by Crippen LogP contribution is 2.12. The minimum Gasteiger partial charge on any atom is -0.481 e. The third kappa shape index (κ3) is 5.65. The van der Waals surface area contributed by atoms with Crippen molar-refractivity contribution in [1.82, 2.24) is 16.2 Å².